The van der Waals surface area contributed by atoms with Crippen LogP contribution in [0.15, 0.2) is 18.2 Å². The van der Waals surface area contributed by atoms with Crippen LogP contribution in [0.25, 0.3) is 10.9 Å². The largest absolute Gasteiger partial charge is 0.416 e. The number of nitrogens with zero attached hydrogens (tertiary/aromatic N) is 2. The lowest BCUT2D eigenvalue weighted by molar-refractivity contribution is -0.137. The van der Waals surface area contributed by atoms with E-state index in [0.29, 0.717) is 35.8 Å². The van der Waals surface area contributed by atoms with Crippen molar-refractivity contribution in [2.75, 3.05) is 30.0 Å². The molecule has 1 aliphatic carbocycles. The second kappa shape index (κ2) is 8.30. The van der Waals surface area contributed by atoms with E-state index in [2.05, 4.69) is 10.3 Å². The van der Waals surface area contributed by atoms with Crippen molar-refractivity contribution in [1.82, 2.24) is 9.97 Å². The van der Waals surface area contributed by atoms with Gasteiger partial charge in [0.25, 0.3) is 0 Å². The number of nitrogens with one attached hydrogen (secondary N) is 1. The lowest BCUT2D eigenvalue weighted by Crippen LogP contribution is -2.22. The first-order valence-corrected chi connectivity index (χ1v) is 11.6. The summed E-state index contributed by atoms with van der Waals surface area (Å²) in [5.41, 5.74) is 17.0. The molecule has 5 rings (SSSR count). The molecule has 0 radical (unpaired) electrons. The predicted octanol–water partition coefficient (Wildman–Crippen LogP) is 4.96. The molecule has 1 aromatic heterocycles. The number of anilines is 3. The Bertz CT molecular complexity index is 1270. The Labute approximate surface area is 195 Å². The Balaban J connectivity index is 1.78. The summed E-state index contributed by atoms with van der Waals surface area (Å²) in [4.78, 5) is 9.16. The van der Waals surface area contributed by atoms with Crippen molar-refractivity contribution in [3.05, 3.63) is 51.8 Å². The minimum absolute atomic E-state index is 0.0703. The predicted molar refractivity (Wildman–Crippen MR) is 127 cm³/mol. The maximum atomic E-state index is 13.6. The van der Waals surface area contributed by atoms with E-state index >= 15 is 0 Å². The molecule has 2 aromatic carbocycles. The maximum Gasteiger partial charge on any atom is 0.416 e. The summed E-state index contributed by atoms with van der Waals surface area (Å²) in [5, 5.41) is 4.37. The molecule has 1 aliphatic heterocycles. The highest BCUT2D eigenvalue weighted by molar-refractivity contribution is 6.00. The van der Waals surface area contributed by atoms with Crippen LogP contribution >= 0.6 is 0 Å². The number of halogens is 3. The average molecular weight is 472 g/mol. The first-order valence-electron chi connectivity index (χ1n) is 11.6. The van der Waals surface area contributed by atoms with Crippen LogP contribution in [0.4, 0.5) is 30.4 Å². The Morgan fingerprint density at radius 2 is 1.88 bits per heavy atom. The molecule has 6 nitrogen and oxygen atoms in total. The van der Waals surface area contributed by atoms with Crippen LogP contribution in [-0.2, 0) is 23.8 Å². The molecule has 0 saturated carbocycles. The number of nitrogen functional groups attached to an aromatic ring is 2. The third-order valence-electron chi connectivity index (χ3n) is 6.91. The van der Waals surface area contributed by atoms with Gasteiger partial charge in [0, 0.05) is 29.3 Å². The zero-order chi connectivity index (χ0) is 24.2. The van der Waals surface area contributed by atoms with Crippen molar-refractivity contribution in [3.8, 4) is 0 Å². The summed E-state index contributed by atoms with van der Waals surface area (Å²) < 4.78 is 46.3. The molecule has 0 bridgehead atoms. The molecule has 5 N–H and O–H groups in total. The molecule has 3 aromatic rings. The molecular weight excluding hydrogens is 443 g/mol. The van der Waals surface area contributed by atoms with Gasteiger partial charge in [-0.1, -0.05) is 6.92 Å². The Kier molecular flexibility index (Phi) is 5.55. The van der Waals surface area contributed by atoms with Crippen molar-refractivity contribution in [2.24, 2.45) is 0 Å². The summed E-state index contributed by atoms with van der Waals surface area (Å²) in [6.07, 6.45) is -0.905. The van der Waals surface area contributed by atoms with Gasteiger partial charge in [-0.3, -0.25) is 0 Å². The van der Waals surface area contributed by atoms with E-state index in [1.807, 2.05) is 6.92 Å². The molecule has 0 unspecified atom stereocenters. The molecule has 2 aliphatic rings. The second-order valence-corrected chi connectivity index (χ2v) is 9.29. The van der Waals surface area contributed by atoms with E-state index in [1.165, 1.54) is 11.6 Å². The van der Waals surface area contributed by atoms with E-state index in [1.54, 1.807) is 13.0 Å². The zero-order valence-corrected chi connectivity index (χ0v) is 19.2. The summed E-state index contributed by atoms with van der Waals surface area (Å²) in [6, 6.07) is 3.86. The Morgan fingerprint density at radius 1 is 1.12 bits per heavy atom. The average Bonchev–Trinajstić information content (AvgIpc) is 3.45. The monoisotopic (exact) mass is 471 g/mol. The van der Waals surface area contributed by atoms with Gasteiger partial charge in [-0.15, -0.1) is 0 Å². The lowest BCUT2D eigenvalue weighted by atomic mass is 9.84. The third-order valence-corrected chi connectivity index (χ3v) is 6.91. The first kappa shape index (κ1) is 22.7. The normalized spacial score (nSPS) is 18.9. The minimum Gasteiger partial charge on any atom is -0.399 e. The van der Waals surface area contributed by atoms with Crippen LogP contribution in [-0.4, -0.2) is 29.2 Å². The van der Waals surface area contributed by atoms with Gasteiger partial charge in [-0.25, -0.2) is 9.97 Å². The fourth-order valence-corrected chi connectivity index (χ4v) is 5.35. The summed E-state index contributed by atoms with van der Waals surface area (Å²) in [5.74, 6) is 0.479. The van der Waals surface area contributed by atoms with Crippen LogP contribution in [0.3, 0.4) is 0 Å². The van der Waals surface area contributed by atoms with Gasteiger partial charge in [0.1, 0.15) is 11.6 Å². The van der Waals surface area contributed by atoms with Crippen LogP contribution in [0.1, 0.15) is 59.3 Å². The van der Waals surface area contributed by atoms with Crippen molar-refractivity contribution < 1.29 is 17.9 Å². The fourth-order valence-electron chi connectivity index (χ4n) is 5.35. The van der Waals surface area contributed by atoms with Gasteiger partial charge >= 0.3 is 6.18 Å². The number of nitrogens with two attached hydrogens (primary N) is 2. The van der Waals surface area contributed by atoms with E-state index in [9.17, 15) is 13.2 Å². The number of hydrogen-bond acceptors (Lipinski definition) is 6. The molecular formula is C25H28F3N5O. The quantitative estimate of drug-likeness (QED) is 0.465. The number of alkyl halides is 3. The Hall–Kier alpha value is -3.07. The molecule has 0 spiro atoms. The number of ether oxygens (including phenoxy) is 1. The highest BCUT2D eigenvalue weighted by Gasteiger charge is 2.34. The topological polar surface area (TPSA) is 99.1 Å². The van der Waals surface area contributed by atoms with Gasteiger partial charge in [-0.2, -0.15) is 13.2 Å². The highest BCUT2D eigenvalue weighted by Crippen LogP contribution is 2.46. The third kappa shape index (κ3) is 3.91. The summed E-state index contributed by atoms with van der Waals surface area (Å²) in [6.45, 7) is 4.94. The number of fused-ring (bicyclic) bond motifs is 3. The molecule has 180 valence electrons. The van der Waals surface area contributed by atoms with Gasteiger partial charge in [-0.05, 0) is 73.1 Å². The molecule has 9 heteroatoms. The molecule has 2 heterocycles. The van der Waals surface area contributed by atoms with Gasteiger partial charge in [0.15, 0.2) is 0 Å². The van der Waals surface area contributed by atoms with Crippen LogP contribution in [0.2, 0.25) is 0 Å². The molecule has 1 fully saturated rings. The second-order valence-electron chi connectivity index (χ2n) is 9.29. The SMILES string of the molecule is Cc1nc(N)c2c([C@H](C)c3cc(N)cc(C(F)(F)F)c3)c(N[C@H]3CCOC3)c3c(c2n1)CCC3. The highest BCUT2D eigenvalue weighted by atomic mass is 19.4. The molecule has 2 atom stereocenters. The van der Waals surface area contributed by atoms with E-state index < -0.39 is 17.7 Å². The summed E-state index contributed by atoms with van der Waals surface area (Å²) in [7, 11) is 0. The van der Waals surface area contributed by atoms with Gasteiger partial charge < -0.3 is 21.5 Å². The van der Waals surface area contributed by atoms with Crippen molar-refractivity contribution in [3.63, 3.8) is 0 Å². The van der Waals surface area contributed by atoms with Crippen molar-refractivity contribution >= 4 is 28.1 Å². The molecule has 1 saturated heterocycles. The number of rotatable bonds is 4. The maximum absolute atomic E-state index is 13.6. The smallest absolute Gasteiger partial charge is 0.399 e. The minimum atomic E-state index is -4.49. The van der Waals surface area contributed by atoms with Crippen molar-refractivity contribution in [2.45, 2.75) is 57.7 Å². The summed E-state index contributed by atoms with van der Waals surface area (Å²) >= 11 is 0. The first-order chi connectivity index (χ1) is 16.1. The number of aromatic nitrogens is 2. The standard InChI is InChI=1S/C25H28F3N5O/c1-12(14-8-15(25(26,27)28)10-16(29)9-14)20-21-23(31-13(2)32-24(21)30)19-5-3-4-18(19)22(20)33-17-6-7-34-11-17/h8-10,12,17,33H,3-7,11,29H2,1-2H3,(H2,30,31,32)/t12-,17+/m1/s1. The number of aryl methyl sites for hydroxylation is 2. The van der Waals surface area contributed by atoms with Crippen LogP contribution in [0.5, 0.6) is 0 Å². The Morgan fingerprint density at radius 3 is 2.59 bits per heavy atom. The van der Waals surface area contributed by atoms with E-state index in [-0.39, 0.29) is 11.7 Å². The van der Waals surface area contributed by atoms with Gasteiger partial charge in [0.05, 0.1) is 23.7 Å². The molecule has 0 amide bonds. The zero-order valence-electron chi connectivity index (χ0n) is 19.2. The number of benzene rings is 2. The van der Waals surface area contributed by atoms with Crippen LogP contribution < -0.4 is 16.8 Å². The van der Waals surface area contributed by atoms with Gasteiger partial charge in [0.2, 0.25) is 0 Å². The van der Waals surface area contributed by atoms with Crippen LogP contribution in [0, 0.1) is 6.92 Å². The fraction of sp³-hybridized carbons (Fsp3) is 0.440. The number of hydrogen-bond donors (Lipinski definition) is 3. The van der Waals surface area contributed by atoms with E-state index in [0.717, 1.165) is 54.1 Å². The van der Waals surface area contributed by atoms with Crippen molar-refractivity contribution in [1.29, 1.82) is 0 Å². The van der Waals surface area contributed by atoms with E-state index in [4.69, 9.17) is 21.2 Å². The molecule has 34 heavy (non-hydrogen) atoms. The lowest BCUT2D eigenvalue weighted by Gasteiger charge is -2.27.